The number of aryl methyl sites for hydroxylation is 2. The third kappa shape index (κ3) is 5.60. The van der Waals surface area contributed by atoms with Crippen LogP contribution in [0.2, 0.25) is 5.02 Å². The standard InChI is InChI=1S/C31H32ClNO3/c1-22(25-11-7-4-8-12-25)21-28(35)33-29(27(34)18-15-23-9-5-3-6-10-23)31(2,30(33)36)20-19-24-13-16-26(32)17-14-24/h3-14,16-17,22,29H,15,18-21H2,1-2H3/t22-,29+,31+/m0/s1. The molecule has 1 aliphatic heterocycles. The molecule has 0 saturated carbocycles. The van der Waals surface area contributed by atoms with Gasteiger partial charge in [0.15, 0.2) is 5.78 Å². The van der Waals surface area contributed by atoms with Crippen molar-refractivity contribution in [3.63, 3.8) is 0 Å². The van der Waals surface area contributed by atoms with E-state index in [0.29, 0.717) is 24.3 Å². The summed E-state index contributed by atoms with van der Waals surface area (Å²) in [5, 5.41) is 0.656. The maximum atomic E-state index is 13.5. The molecule has 3 aromatic rings. The van der Waals surface area contributed by atoms with Crippen molar-refractivity contribution in [3.05, 3.63) is 107 Å². The number of amides is 2. The summed E-state index contributed by atoms with van der Waals surface area (Å²) in [5.74, 6) is -0.636. The minimum atomic E-state index is -0.904. The molecule has 0 bridgehead atoms. The first-order valence-corrected chi connectivity index (χ1v) is 12.9. The predicted octanol–water partition coefficient (Wildman–Crippen LogP) is 6.41. The normalized spacial score (nSPS) is 20.0. The van der Waals surface area contributed by atoms with E-state index in [2.05, 4.69) is 0 Å². The zero-order chi connectivity index (χ0) is 25.7. The summed E-state index contributed by atoms with van der Waals surface area (Å²) in [6.07, 6.45) is 2.18. The Morgan fingerprint density at radius 2 is 1.47 bits per heavy atom. The van der Waals surface area contributed by atoms with Gasteiger partial charge in [-0.15, -0.1) is 0 Å². The monoisotopic (exact) mass is 501 g/mol. The van der Waals surface area contributed by atoms with Gasteiger partial charge in [-0.3, -0.25) is 19.3 Å². The van der Waals surface area contributed by atoms with Crippen molar-refractivity contribution in [1.82, 2.24) is 4.90 Å². The van der Waals surface area contributed by atoms with Crippen LogP contribution in [0, 0.1) is 5.41 Å². The Morgan fingerprint density at radius 3 is 2.11 bits per heavy atom. The van der Waals surface area contributed by atoms with Gasteiger partial charge in [0.2, 0.25) is 11.8 Å². The van der Waals surface area contributed by atoms with E-state index in [9.17, 15) is 14.4 Å². The maximum Gasteiger partial charge on any atom is 0.238 e. The van der Waals surface area contributed by atoms with E-state index in [-0.39, 0.29) is 36.4 Å². The van der Waals surface area contributed by atoms with E-state index in [0.717, 1.165) is 16.7 Å². The number of benzene rings is 3. The molecular weight excluding hydrogens is 470 g/mol. The summed E-state index contributed by atoms with van der Waals surface area (Å²) < 4.78 is 0. The summed E-state index contributed by atoms with van der Waals surface area (Å²) >= 11 is 6.01. The van der Waals surface area contributed by atoms with Gasteiger partial charge < -0.3 is 0 Å². The Hall–Kier alpha value is -3.24. The maximum absolute atomic E-state index is 13.5. The Kier molecular flexibility index (Phi) is 8.05. The highest BCUT2D eigenvalue weighted by atomic mass is 35.5. The molecule has 0 aliphatic carbocycles. The first-order chi connectivity index (χ1) is 17.3. The molecule has 36 heavy (non-hydrogen) atoms. The Labute approximate surface area is 218 Å². The highest BCUT2D eigenvalue weighted by molar-refractivity contribution is 6.30. The number of carbonyl (C=O) groups is 3. The lowest BCUT2D eigenvalue weighted by Crippen LogP contribution is -2.72. The average Bonchev–Trinajstić information content (AvgIpc) is 2.90. The van der Waals surface area contributed by atoms with E-state index in [4.69, 9.17) is 11.6 Å². The van der Waals surface area contributed by atoms with Crippen LogP contribution < -0.4 is 0 Å². The summed E-state index contributed by atoms with van der Waals surface area (Å²) in [5.41, 5.74) is 2.25. The molecule has 0 unspecified atom stereocenters. The number of nitrogens with zero attached hydrogens (tertiary/aromatic N) is 1. The number of rotatable bonds is 10. The highest BCUT2D eigenvalue weighted by Gasteiger charge is 2.61. The van der Waals surface area contributed by atoms with E-state index in [1.807, 2.05) is 98.8 Å². The number of hydrogen-bond donors (Lipinski definition) is 0. The van der Waals surface area contributed by atoms with Crippen LogP contribution in [0.5, 0.6) is 0 Å². The minimum Gasteiger partial charge on any atom is -0.297 e. The third-order valence-electron chi connectivity index (χ3n) is 7.34. The van der Waals surface area contributed by atoms with E-state index >= 15 is 0 Å². The number of hydrogen-bond acceptors (Lipinski definition) is 3. The highest BCUT2D eigenvalue weighted by Crippen LogP contribution is 2.45. The fourth-order valence-corrected chi connectivity index (χ4v) is 5.22. The third-order valence-corrected chi connectivity index (χ3v) is 7.59. The van der Waals surface area contributed by atoms with Gasteiger partial charge in [0, 0.05) is 17.9 Å². The fraction of sp³-hybridized carbons (Fsp3) is 0.323. The van der Waals surface area contributed by atoms with Crippen molar-refractivity contribution in [2.24, 2.45) is 5.41 Å². The molecule has 4 rings (SSSR count). The molecule has 4 nitrogen and oxygen atoms in total. The van der Waals surface area contributed by atoms with Crippen LogP contribution in [0.3, 0.4) is 0 Å². The SMILES string of the molecule is C[C@@H](CC(=O)N1C(=O)[C@](C)(CCc2ccc(Cl)cc2)[C@H]1C(=O)CCc1ccccc1)c1ccccc1. The predicted molar refractivity (Wildman–Crippen MR) is 143 cm³/mol. The lowest BCUT2D eigenvalue weighted by atomic mass is 9.66. The fourth-order valence-electron chi connectivity index (χ4n) is 5.09. The quantitative estimate of drug-likeness (QED) is 0.301. The molecule has 1 fully saturated rings. The smallest absolute Gasteiger partial charge is 0.238 e. The van der Waals surface area contributed by atoms with Gasteiger partial charge in [-0.2, -0.15) is 0 Å². The van der Waals surface area contributed by atoms with E-state index in [1.165, 1.54) is 4.90 Å². The molecule has 1 heterocycles. The van der Waals surface area contributed by atoms with Crippen molar-refractivity contribution >= 4 is 29.2 Å². The Bertz CT molecular complexity index is 1210. The molecule has 1 aliphatic rings. The van der Waals surface area contributed by atoms with Crippen molar-refractivity contribution in [2.75, 3.05) is 0 Å². The lowest BCUT2D eigenvalue weighted by molar-refractivity contribution is -0.182. The molecule has 3 aromatic carbocycles. The van der Waals surface area contributed by atoms with Gasteiger partial charge in [0.05, 0.1) is 5.41 Å². The molecule has 5 heteroatoms. The van der Waals surface area contributed by atoms with Gasteiger partial charge in [-0.05, 0) is 60.9 Å². The Morgan fingerprint density at radius 1 is 0.889 bits per heavy atom. The second-order valence-electron chi connectivity index (χ2n) is 9.98. The van der Waals surface area contributed by atoms with Crippen molar-refractivity contribution < 1.29 is 14.4 Å². The number of imide groups is 1. The lowest BCUT2D eigenvalue weighted by Gasteiger charge is -2.52. The van der Waals surface area contributed by atoms with Crippen molar-refractivity contribution in [1.29, 1.82) is 0 Å². The van der Waals surface area contributed by atoms with Gasteiger partial charge in [-0.25, -0.2) is 0 Å². The average molecular weight is 502 g/mol. The second-order valence-corrected chi connectivity index (χ2v) is 10.4. The largest absolute Gasteiger partial charge is 0.297 e. The summed E-state index contributed by atoms with van der Waals surface area (Å²) in [4.78, 5) is 41.6. The topological polar surface area (TPSA) is 54.5 Å². The van der Waals surface area contributed by atoms with Crippen LogP contribution in [-0.4, -0.2) is 28.5 Å². The molecule has 0 aromatic heterocycles. The van der Waals surface area contributed by atoms with Crippen LogP contribution in [0.4, 0.5) is 0 Å². The van der Waals surface area contributed by atoms with Crippen molar-refractivity contribution in [3.8, 4) is 0 Å². The molecule has 1 saturated heterocycles. The summed E-state index contributed by atoms with van der Waals surface area (Å²) in [7, 11) is 0. The first-order valence-electron chi connectivity index (χ1n) is 12.5. The molecule has 2 amide bonds. The number of carbonyl (C=O) groups excluding carboxylic acids is 3. The van der Waals surface area contributed by atoms with E-state index in [1.54, 1.807) is 0 Å². The molecule has 3 atom stereocenters. The molecular formula is C31H32ClNO3. The number of β-lactam (4-membered cyclic amide) rings is 1. The molecule has 186 valence electrons. The van der Waals surface area contributed by atoms with Gasteiger partial charge >= 0.3 is 0 Å². The zero-order valence-corrected chi connectivity index (χ0v) is 21.6. The summed E-state index contributed by atoms with van der Waals surface area (Å²) in [6.45, 7) is 3.81. The van der Waals surface area contributed by atoms with E-state index < -0.39 is 11.5 Å². The second kappa shape index (κ2) is 11.2. The number of likely N-dealkylation sites (tertiary alicyclic amines) is 1. The van der Waals surface area contributed by atoms with Crippen LogP contribution >= 0.6 is 11.6 Å². The zero-order valence-electron chi connectivity index (χ0n) is 20.8. The number of halogens is 1. The molecule has 0 N–H and O–H groups in total. The van der Waals surface area contributed by atoms with Gasteiger partial charge in [0.25, 0.3) is 0 Å². The van der Waals surface area contributed by atoms with Crippen LogP contribution in [-0.2, 0) is 27.2 Å². The minimum absolute atomic E-state index is 0.0486. The Balaban J connectivity index is 1.51. The van der Waals surface area contributed by atoms with Crippen LogP contribution in [0.1, 0.15) is 55.7 Å². The van der Waals surface area contributed by atoms with Crippen molar-refractivity contribution in [2.45, 2.75) is 57.9 Å². The number of ketones is 1. The van der Waals surface area contributed by atoms with Crippen LogP contribution in [0.25, 0.3) is 0 Å². The molecule has 0 radical (unpaired) electrons. The number of Topliss-reactive ketones (excluding diaryl/α,β-unsaturated/α-hetero) is 1. The van der Waals surface area contributed by atoms with Gasteiger partial charge in [-0.1, -0.05) is 91.3 Å². The first kappa shape index (κ1) is 25.8. The summed E-state index contributed by atoms with van der Waals surface area (Å²) in [6, 6.07) is 26.4. The van der Waals surface area contributed by atoms with Crippen LogP contribution in [0.15, 0.2) is 84.9 Å². The molecule has 0 spiro atoms. The van der Waals surface area contributed by atoms with Gasteiger partial charge in [0.1, 0.15) is 6.04 Å².